The molecule has 4 aliphatic heterocycles. The van der Waals surface area contributed by atoms with Crippen LogP contribution in [0.15, 0.2) is 0 Å². The molecule has 0 aromatic heterocycles. The van der Waals surface area contributed by atoms with Gasteiger partial charge in [0.25, 0.3) is 0 Å². The average Bonchev–Trinajstić information content (AvgIpc) is 3.53. The number of hydrogen-bond acceptors (Lipinski definition) is 13. The minimum atomic E-state index is -1.61. The molecule has 0 bridgehead atoms. The fourth-order valence-electron chi connectivity index (χ4n) is 13.4. The van der Waals surface area contributed by atoms with Crippen LogP contribution in [0.25, 0.3) is 0 Å². The van der Waals surface area contributed by atoms with Crippen molar-refractivity contribution in [1.29, 1.82) is 0 Å². The van der Waals surface area contributed by atoms with Crippen LogP contribution in [0.1, 0.15) is 92.4 Å². The Morgan fingerprint density at radius 3 is 2.17 bits per heavy atom. The summed E-state index contributed by atoms with van der Waals surface area (Å²) in [5.74, 6) is 2.85. The molecule has 23 atom stereocenters. The van der Waals surface area contributed by atoms with E-state index in [1.807, 2.05) is 0 Å². The van der Waals surface area contributed by atoms with Crippen LogP contribution < -0.4 is 5.32 Å². The highest BCUT2D eigenvalue weighted by Crippen LogP contribution is 2.71. The summed E-state index contributed by atoms with van der Waals surface area (Å²) in [4.78, 5) is 0. The molecule has 8 aliphatic rings. The normalized spacial score (nSPS) is 60.5. The van der Waals surface area contributed by atoms with Gasteiger partial charge in [0.2, 0.25) is 0 Å². The van der Waals surface area contributed by atoms with E-state index >= 15 is 0 Å². The summed E-state index contributed by atoms with van der Waals surface area (Å²) in [6.45, 7) is 11.5. The number of aliphatic hydroxyl groups is 7. The van der Waals surface area contributed by atoms with Crippen molar-refractivity contribution in [1.82, 2.24) is 5.32 Å². The minimum absolute atomic E-state index is 0.0337. The highest BCUT2D eigenvalue weighted by atomic mass is 16.8. The molecule has 4 saturated heterocycles. The van der Waals surface area contributed by atoms with Gasteiger partial charge in [-0.05, 0) is 105 Å². The lowest BCUT2D eigenvalue weighted by molar-refractivity contribution is -0.371. The summed E-state index contributed by atoms with van der Waals surface area (Å²) in [7, 11) is 0. The maximum absolute atomic E-state index is 12.2. The van der Waals surface area contributed by atoms with Gasteiger partial charge < -0.3 is 59.4 Å². The molecular formula is C39H65NO12. The number of nitrogens with one attached hydrogen (secondary N) is 1. The molecule has 1 spiro atoms. The Bertz CT molecular complexity index is 1290. The minimum Gasteiger partial charge on any atom is -0.394 e. The van der Waals surface area contributed by atoms with Gasteiger partial charge in [-0.3, -0.25) is 5.32 Å². The molecule has 13 heteroatoms. The Morgan fingerprint density at radius 2 is 1.46 bits per heavy atom. The van der Waals surface area contributed by atoms with Crippen molar-refractivity contribution in [3.05, 3.63) is 0 Å². The molecule has 4 aliphatic carbocycles. The average molecular weight is 740 g/mol. The van der Waals surface area contributed by atoms with Gasteiger partial charge in [0.1, 0.15) is 48.5 Å². The van der Waals surface area contributed by atoms with Crippen LogP contribution in [-0.4, -0.2) is 134 Å². The largest absolute Gasteiger partial charge is 0.394 e. The van der Waals surface area contributed by atoms with Crippen LogP contribution in [0.3, 0.4) is 0 Å². The summed E-state index contributed by atoms with van der Waals surface area (Å²) in [5, 5.41) is 78.9. The molecule has 0 radical (unpaired) electrons. The third-order valence-electron chi connectivity index (χ3n) is 16.4. The number of fused-ring (bicyclic) bond motifs is 7. The molecule has 13 nitrogen and oxygen atoms in total. The molecule has 8 N–H and O–H groups in total. The van der Waals surface area contributed by atoms with Crippen molar-refractivity contribution in [3.8, 4) is 0 Å². The monoisotopic (exact) mass is 739 g/mol. The first-order chi connectivity index (χ1) is 24.6. The van der Waals surface area contributed by atoms with Crippen LogP contribution in [0.4, 0.5) is 0 Å². The maximum atomic E-state index is 12.2. The third-order valence-corrected chi connectivity index (χ3v) is 16.4. The van der Waals surface area contributed by atoms with Crippen LogP contribution in [0, 0.1) is 52.3 Å². The van der Waals surface area contributed by atoms with Crippen molar-refractivity contribution >= 4 is 0 Å². The second-order valence-corrected chi connectivity index (χ2v) is 18.9. The molecule has 298 valence electrons. The first-order valence-corrected chi connectivity index (χ1v) is 20.4. The van der Waals surface area contributed by atoms with Crippen LogP contribution in [0.2, 0.25) is 0 Å². The highest BCUT2D eigenvalue weighted by Gasteiger charge is 2.72. The van der Waals surface area contributed by atoms with E-state index in [0.29, 0.717) is 35.5 Å². The summed E-state index contributed by atoms with van der Waals surface area (Å²) >= 11 is 0. The van der Waals surface area contributed by atoms with Gasteiger partial charge in [0, 0.05) is 18.4 Å². The lowest BCUT2D eigenvalue weighted by Crippen LogP contribution is -2.64. The second kappa shape index (κ2) is 13.8. The highest BCUT2D eigenvalue weighted by molar-refractivity contribution is 5.19. The predicted molar refractivity (Wildman–Crippen MR) is 185 cm³/mol. The molecule has 0 aromatic carbocycles. The quantitative estimate of drug-likeness (QED) is 0.186. The summed E-state index contributed by atoms with van der Waals surface area (Å²) < 4.78 is 31.1. The number of ether oxygens (including phenoxy) is 5. The van der Waals surface area contributed by atoms with E-state index in [1.54, 1.807) is 0 Å². The molecule has 4 heterocycles. The van der Waals surface area contributed by atoms with Gasteiger partial charge in [-0.15, -0.1) is 0 Å². The second-order valence-electron chi connectivity index (χ2n) is 18.9. The van der Waals surface area contributed by atoms with E-state index in [9.17, 15) is 35.7 Å². The molecule has 8 rings (SSSR count). The van der Waals surface area contributed by atoms with Crippen LogP contribution in [0.5, 0.6) is 0 Å². The zero-order valence-electron chi connectivity index (χ0n) is 31.5. The summed E-state index contributed by atoms with van der Waals surface area (Å²) in [5.41, 5.74) is -0.208. The fraction of sp³-hybridized carbons (Fsp3) is 1.00. The maximum Gasteiger partial charge on any atom is 0.187 e. The van der Waals surface area contributed by atoms with Gasteiger partial charge in [-0.2, -0.15) is 0 Å². The molecule has 0 aromatic rings. The Kier molecular flexibility index (Phi) is 10.2. The van der Waals surface area contributed by atoms with E-state index in [-0.39, 0.29) is 34.7 Å². The van der Waals surface area contributed by atoms with Gasteiger partial charge >= 0.3 is 0 Å². The summed E-state index contributed by atoms with van der Waals surface area (Å²) in [6.07, 6.45) is -5.28. The molecule has 4 saturated carbocycles. The van der Waals surface area contributed by atoms with E-state index in [0.717, 1.165) is 64.3 Å². The van der Waals surface area contributed by atoms with E-state index in [1.165, 1.54) is 6.92 Å². The molecular weight excluding hydrogens is 674 g/mol. The Labute approximate surface area is 307 Å². The van der Waals surface area contributed by atoms with E-state index in [4.69, 9.17) is 23.7 Å². The Balaban J connectivity index is 0.956. The SMILES string of the molecule is CC1CCC2(NC1)OC1C(O)C3C4CCC5CC(O[C@@H]6O[C@H](CO)[C@@H](O)[C@H](O)[C@H]6O[C@@H]6O[C@@H](C)[C@H](O)[C@@H](O)[C@H]6O)CCC5(C)C4CCC3(C)C1C2C. The van der Waals surface area contributed by atoms with Crippen LogP contribution >= 0.6 is 0 Å². The standard InChI is InChI=1S/C39H65NO12/c1-17-8-13-39(40-15-17)18(2)25-33(52-39)29(44)26-22-7-6-20-14-21(9-11-37(20,4)23(22)10-12-38(25,26)5)49-36-34(31(46)28(43)24(16-41)50-36)51-35-32(47)30(45)27(42)19(3)48-35/h17-36,40-47H,6-16H2,1-5H3/t17?,18?,19-,20?,21?,22?,23?,24+,25?,26?,27-,28+,29?,30+,31-,32+,33?,34+,35-,36+,37?,38?,39?/m0/s1. The zero-order chi connectivity index (χ0) is 37.1. The van der Waals surface area contributed by atoms with Crippen LogP contribution in [-0.2, 0) is 23.7 Å². The third kappa shape index (κ3) is 5.81. The molecule has 0 amide bonds. The Hall–Kier alpha value is -0.520. The topological polar surface area (TPSA) is 200 Å². The van der Waals surface area contributed by atoms with Gasteiger partial charge in [-0.25, -0.2) is 0 Å². The van der Waals surface area contributed by atoms with Crippen molar-refractivity contribution < 1.29 is 59.4 Å². The van der Waals surface area contributed by atoms with Gasteiger partial charge in [0.15, 0.2) is 12.6 Å². The van der Waals surface area contributed by atoms with E-state index < -0.39 is 74.1 Å². The van der Waals surface area contributed by atoms with Crippen molar-refractivity contribution in [2.45, 2.75) is 178 Å². The smallest absolute Gasteiger partial charge is 0.187 e. The Morgan fingerprint density at radius 1 is 0.712 bits per heavy atom. The number of hydrogen-bond donors (Lipinski definition) is 8. The van der Waals surface area contributed by atoms with Gasteiger partial charge in [-0.1, -0.05) is 27.7 Å². The van der Waals surface area contributed by atoms with Gasteiger partial charge in [0.05, 0.1) is 31.0 Å². The summed E-state index contributed by atoms with van der Waals surface area (Å²) in [6, 6.07) is 0. The fourth-order valence-corrected chi connectivity index (χ4v) is 13.4. The van der Waals surface area contributed by atoms with Crippen molar-refractivity contribution in [2.24, 2.45) is 52.3 Å². The lowest BCUT2D eigenvalue weighted by Gasteiger charge is -2.61. The lowest BCUT2D eigenvalue weighted by atomic mass is 9.44. The number of rotatable bonds is 5. The first kappa shape index (κ1) is 38.4. The van der Waals surface area contributed by atoms with Crippen molar-refractivity contribution in [3.63, 3.8) is 0 Å². The van der Waals surface area contributed by atoms with E-state index in [2.05, 4.69) is 33.0 Å². The molecule has 52 heavy (non-hydrogen) atoms. The number of aliphatic hydroxyl groups excluding tert-OH is 7. The number of piperidine rings is 1. The molecule has 13 unspecified atom stereocenters. The molecule has 8 fully saturated rings. The van der Waals surface area contributed by atoms with Crippen molar-refractivity contribution in [2.75, 3.05) is 13.2 Å². The first-order valence-electron chi connectivity index (χ1n) is 20.4. The predicted octanol–water partition coefficient (Wildman–Crippen LogP) is 1.01. The zero-order valence-corrected chi connectivity index (χ0v) is 31.5.